The average molecular weight is 460 g/mol. The molecule has 1 aliphatic heterocycles. The molecule has 4 rings (SSSR count). The molecular formula is C29H33NO4. The van der Waals surface area contributed by atoms with Crippen molar-refractivity contribution in [1.29, 1.82) is 0 Å². The average Bonchev–Trinajstić information content (AvgIpc) is 2.90. The highest BCUT2D eigenvalue weighted by Gasteiger charge is 2.61. The van der Waals surface area contributed by atoms with Crippen LogP contribution in [0.4, 0.5) is 5.69 Å². The Kier molecular flexibility index (Phi) is 7.11. The maximum Gasteiger partial charge on any atom is 0.236 e. The number of β-lactam (4-membered cyclic amide) rings is 1. The summed E-state index contributed by atoms with van der Waals surface area (Å²) in [6.07, 6.45) is 3.47. The number of hydrogen-bond donors (Lipinski definition) is 0. The highest BCUT2D eigenvalue weighted by molar-refractivity contribution is 6.08. The number of anilines is 1. The number of ether oxygens (including phenoxy) is 3. The lowest BCUT2D eigenvalue weighted by Gasteiger charge is -2.56. The van der Waals surface area contributed by atoms with Crippen molar-refractivity contribution in [1.82, 2.24) is 0 Å². The van der Waals surface area contributed by atoms with Crippen LogP contribution in [-0.4, -0.2) is 27.2 Å². The van der Waals surface area contributed by atoms with Gasteiger partial charge < -0.3 is 14.2 Å². The molecule has 1 amide bonds. The van der Waals surface area contributed by atoms with Gasteiger partial charge in [0.15, 0.2) is 0 Å². The number of carbonyl (C=O) groups is 1. The van der Waals surface area contributed by atoms with Crippen LogP contribution in [0.1, 0.15) is 43.4 Å². The number of amides is 1. The topological polar surface area (TPSA) is 48.0 Å². The van der Waals surface area contributed by atoms with E-state index >= 15 is 0 Å². The van der Waals surface area contributed by atoms with E-state index in [1.165, 1.54) is 5.56 Å². The molecule has 0 saturated carbocycles. The second-order valence-corrected chi connectivity index (χ2v) is 8.72. The monoisotopic (exact) mass is 459 g/mol. The van der Waals surface area contributed by atoms with E-state index < -0.39 is 5.41 Å². The molecule has 1 saturated heterocycles. The molecule has 1 fully saturated rings. The Hall–Kier alpha value is -3.47. The Labute approximate surface area is 202 Å². The zero-order chi connectivity index (χ0) is 24.1. The molecule has 34 heavy (non-hydrogen) atoms. The second-order valence-electron chi connectivity index (χ2n) is 8.72. The van der Waals surface area contributed by atoms with Crippen molar-refractivity contribution < 1.29 is 19.0 Å². The van der Waals surface area contributed by atoms with Gasteiger partial charge in [0.25, 0.3) is 0 Å². The van der Waals surface area contributed by atoms with Crippen LogP contribution in [0.3, 0.4) is 0 Å². The number of aryl methyl sites for hydroxylation is 1. The van der Waals surface area contributed by atoms with Crippen LogP contribution in [0.2, 0.25) is 0 Å². The number of benzene rings is 3. The number of nitrogens with zero attached hydrogens (tertiary/aromatic N) is 1. The van der Waals surface area contributed by atoms with Crippen molar-refractivity contribution in [3.8, 4) is 17.2 Å². The molecule has 0 bridgehead atoms. The minimum absolute atomic E-state index is 0.110. The van der Waals surface area contributed by atoms with E-state index in [4.69, 9.17) is 14.2 Å². The standard InChI is InChI=1S/C29H33NO4/c1-5-29(18-12-15-21-13-8-6-9-14-21)27(22-16-10-7-11-17-22)30(28(29)31)26-24(33-3)19-23(32-2)20-25(26)34-4/h6-11,13-14,16-17,19-20,27H,5,12,15,18H2,1-4H3/t27-,29+/m1/s1. The number of methoxy groups -OCH3 is 3. The normalized spacial score (nSPS) is 19.5. The highest BCUT2D eigenvalue weighted by Crippen LogP contribution is 2.60. The molecule has 0 unspecified atom stereocenters. The van der Waals surface area contributed by atoms with E-state index in [2.05, 4.69) is 43.3 Å². The molecule has 5 nitrogen and oxygen atoms in total. The predicted molar refractivity (Wildman–Crippen MR) is 135 cm³/mol. The maximum absolute atomic E-state index is 14.0. The van der Waals surface area contributed by atoms with Gasteiger partial charge in [0, 0.05) is 12.1 Å². The van der Waals surface area contributed by atoms with Crippen LogP contribution in [0, 0.1) is 5.41 Å². The Morgan fingerprint density at radius 3 is 1.97 bits per heavy atom. The first-order chi connectivity index (χ1) is 16.6. The largest absolute Gasteiger partial charge is 0.496 e. The fraction of sp³-hybridized carbons (Fsp3) is 0.345. The van der Waals surface area contributed by atoms with Crippen molar-refractivity contribution in [2.24, 2.45) is 5.41 Å². The third-order valence-electron chi connectivity index (χ3n) is 7.03. The summed E-state index contributed by atoms with van der Waals surface area (Å²) in [6, 6.07) is 24.2. The summed E-state index contributed by atoms with van der Waals surface area (Å²) < 4.78 is 16.8. The van der Waals surface area contributed by atoms with Gasteiger partial charge in [-0.3, -0.25) is 9.69 Å². The van der Waals surface area contributed by atoms with Crippen molar-refractivity contribution in [2.75, 3.05) is 26.2 Å². The third kappa shape index (κ3) is 4.11. The molecule has 0 aliphatic carbocycles. The van der Waals surface area contributed by atoms with Crippen LogP contribution >= 0.6 is 0 Å². The van der Waals surface area contributed by atoms with Gasteiger partial charge in [0.05, 0.1) is 32.8 Å². The Morgan fingerprint density at radius 1 is 0.853 bits per heavy atom. The molecule has 0 spiro atoms. The van der Waals surface area contributed by atoms with Crippen LogP contribution in [0.25, 0.3) is 0 Å². The third-order valence-corrected chi connectivity index (χ3v) is 7.03. The van der Waals surface area contributed by atoms with Gasteiger partial charge >= 0.3 is 0 Å². The lowest BCUT2D eigenvalue weighted by molar-refractivity contribution is -0.141. The predicted octanol–water partition coefficient (Wildman–Crippen LogP) is 6.22. The molecule has 2 atom stereocenters. The van der Waals surface area contributed by atoms with E-state index in [0.717, 1.165) is 31.2 Å². The molecule has 3 aromatic rings. The first-order valence-electron chi connectivity index (χ1n) is 11.8. The summed E-state index contributed by atoms with van der Waals surface area (Å²) >= 11 is 0. The second kappa shape index (κ2) is 10.2. The zero-order valence-corrected chi connectivity index (χ0v) is 20.4. The SMILES string of the molecule is CC[C@@]1(CCCc2ccccc2)C(=O)N(c2c(OC)cc(OC)cc2OC)[C@@H]1c1ccccc1. The first kappa shape index (κ1) is 23.7. The summed E-state index contributed by atoms with van der Waals surface area (Å²) in [4.78, 5) is 15.9. The lowest BCUT2D eigenvalue weighted by atomic mass is 9.63. The molecule has 0 N–H and O–H groups in total. The highest BCUT2D eigenvalue weighted by atomic mass is 16.5. The number of rotatable bonds is 10. The van der Waals surface area contributed by atoms with Crippen LogP contribution in [0.5, 0.6) is 17.2 Å². The number of carbonyl (C=O) groups excluding carboxylic acids is 1. The molecule has 0 aromatic heterocycles. The van der Waals surface area contributed by atoms with Crippen LogP contribution in [0.15, 0.2) is 72.8 Å². The molecule has 5 heteroatoms. The zero-order valence-electron chi connectivity index (χ0n) is 20.4. The van der Waals surface area contributed by atoms with E-state index in [1.54, 1.807) is 33.5 Å². The van der Waals surface area contributed by atoms with Gasteiger partial charge in [-0.25, -0.2) is 0 Å². The quantitative estimate of drug-likeness (QED) is 0.338. The molecule has 0 radical (unpaired) electrons. The first-order valence-corrected chi connectivity index (χ1v) is 11.8. The Balaban J connectivity index is 1.74. The molecule has 1 heterocycles. The summed E-state index contributed by atoms with van der Waals surface area (Å²) in [6.45, 7) is 2.12. The number of hydrogen-bond acceptors (Lipinski definition) is 4. The molecular weight excluding hydrogens is 426 g/mol. The van der Waals surface area contributed by atoms with Crippen molar-refractivity contribution in [3.05, 3.63) is 83.9 Å². The Morgan fingerprint density at radius 2 is 1.44 bits per heavy atom. The van der Waals surface area contributed by atoms with Crippen molar-refractivity contribution in [2.45, 2.75) is 38.6 Å². The summed E-state index contributed by atoms with van der Waals surface area (Å²) in [5.74, 6) is 1.84. The maximum atomic E-state index is 14.0. The van der Waals surface area contributed by atoms with Gasteiger partial charge in [-0.05, 0) is 36.8 Å². The smallest absolute Gasteiger partial charge is 0.236 e. The van der Waals surface area contributed by atoms with Crippen LogP contribution in [-0.2, 0) is 11.2 Å². The summed E-state index contributed by atoms with van der Waals surface area (Å²) in [7, 11) is 4.81. The van der Waals surface area contributed by atoms with E-state index in [0.29, 0.717) is 22.9 Å². The fourth-order valence-electron chi connectivity index (χ4n) is 5.23. The van der Waals surface area contributed by atoms with Gasteiger partial charge in [0.2, 0.25) is 5.91 Å². The van der Waals surface area contributed by atoms with Crippen LogP contribution < -0.4 is 19.1 Å². The van der Waals surface area contributed by atoms with Gasteiger partial charge in [-0.2, -0.15) is 0 Å². The molecule has 178 valence electrons. The van der Waals surface area contributed by atoms with E-state index in [1.807, 2.05) is 29.2 Å². The summed E-state index contributed by atoms with van der Waals surface area (Å²) in [5.41, 5.74) is 2.58. The van der Waals surface area contributed by atoms with Gasteiger partial charge in [0.1, 0.15) is 22.9 Å². The molecule has 3 aromatic carbocycles. The minimum atomic E-state index is -0.480. The van der Waals surface area contributed by atoms with Crippen molar-refractivity contribution in [3.63, 3.8) is 0 Å². The van der Waals surface area contributed by atoms with E-state index in [-0.39, 0.29) is 11.9 Å². The van der Waals surface area contributed by atoms with Crippen molar-refractivity contribution >= 4 is 11.6 Å². The van der Waals surface area contributed by atoms with Gasteiger partial charge in [-0.15, -0.1) is 0 Å². The van der Waals surface area contributed by atoms with Gasteiger partial charge in [-0.1, -0.05) is 67.6 Å². The molecule has 1 aliphatic rings. The Bertz CT molecular complexity index is 1090. The lowest BCUT2D eigenvalue weighted by Crippen LogP contribution is -2.63. The summed E-state index contributed by atoms with van der Waals surface area (Å²) in [5, 5.41) is 0. The van der Waals surface area contributed by atoms with E-state index in [9.17, 15) is 4.79 Å². The minimum Gasteiger partial charge on any atom is -0.496 e. The fourth-order valence-corrected chi connectivity index (χ4v) is 5.23.